The number of aryl methyl sites for hydroxylation is 2. The van der Waals surface area contributed by atoms with Crippen LogP contribution >= 0.6 is 11.6 Å². The van der Waals surface area contributed by atoms with Gasteiger partial charge in [0.15, 0.2) is 0 Å². The molecule has 0 saturated carbocycles. The van der Waals surface area contributed by atoms with E-state index in [1.807, 2.05) is 38.1 Å². The molecule has 1 aliphatic rings. The third kappa shape index (κ3) is 4.47. The van der Waals surface area contributed by atoms with Crippen molar-refractivity contribution in [1.29, 1.82) is 0 Å². The average molecular weight is 401 g/mol. The molecule has 3 rings (SSSR count). The summed E-state index contributed by atoms with van der Waals surface area (Å²) in [6.45, 7) is 4.94. The molecule has 6 heteroatoms. The van der Waals surface area contributed by atoms with Crippen molar-refractivity contribution in [3.05, 3.63) is 58.1 Å². The highest BCUT2D eigenvalue weighted by molar-refractivity contribution is 6.31. The number of hydrogen-bond acceptors (Lipinski definition) is 3. The maximum atomic E-state index is 12.8. The number of nitrogens with one attached hydrogen (secondary N) is 1. The molecule has 1 fully saturated rings. The summed E-state index contributed by atoms with van der Waals surface area (Å²) in [6, 6.07) is 11.0. The van der Waals surface area contributed by atoms with Gasteiger partial charge in [0.05, 0.1) is 18.7 Å². The van der Waals surface area contributed by atoms with Crippen LogP contribution in [0.1, 0.15) is 34.3 Å². The zero-order chi connectivity index (χ0) is 20.3. The van der Waals surface area contributed by atoms with Gasteiger partial charge in [-0.1, -0.05) is 29.3 Å². The smallest absolute Gasteiger partial charge is 0.253 e. The molecule has 0 spiro atoms. The number of nitrogens with zero attached hydrogens (tertiary/aromatic N) is 1. The number of halogens is 1. The van der Waals surface area contributed by atoms with Gasteiger partial charge < -0.3 is 15.0 Å². The van der Waals surface area contributed by atoms with E-state index in [1.165, 1.54) is 0 Å². The fourth-order valence-electron chi connectivity index (χ4n) is 3.42. The van der Waals surface area contributed by atoms with Gasteiger partial charge in [0, 0.05) is 29.7 Å². The summed E-state index contributed by atoms with van der Waals surface area (Å²) in [5, 5.41) is 3.53. The number of anilines is 1. The van der Waals surface area contributed by atoms with E-state index in [9.17, 15) is 9.59 Å². The standard InChI is InChI=1S/C22H25ClN2O3/c1-14-6-8-16(9-7-14)22(27)25-10-4-5-17(13-25)21(26)24-19-11-15(2)18(23)12-20(19)28-3/h6-9,11-12,17H,4-5,10,13H2,1-3H3,(H,24,26). The first kappa shape index (κ1) is 20.2. The number of carbonyl (C=O) groups excluding carboxylic acids is 2. The third-order valence-electron chi connectivity index (χ3n) is 5.12. The highest BCUT2D eigenvalue weighted by Crippen LogP contribution is 2.32. The molecular weight excluding hydrogens is 376 g/mol. The first-order valence-electron chi connectivity index (χ1n) is 9.40. The molecular formula is C22H25ClN2O3. The van der Waals surface area contributed by atoms with Gasteiger partial charge in [0.1, 0.15) is 5.75 Å². The second-order valence-corrected chi connectivity index (χ2v) is 7.65. The molecule has 1 heterocycles. The number of hydrogen-bond donors (Lipinski definition) is 1. The van der Waals surface area contributed by atoms with E-state index in [2.05, 4.69) is 5.32 Å². The minimum absolute atomic E-state index is 0.0302. The molecule has 1 atom stereocenters. The largest absolute Gasteiger partial charge is 0.495 e. The van der Waals surface area contributed by atoms with Gasteiger partial charge in [0.2, 0.25) is 5.91 Å². The summed E-state index contributed by atoms with van der Waals surface area (Å²) in [5.74, 6) is 0.120. The van der Waals surface area contributed by atoms with Crippen LogP contribution in [-0.4, -0.2) is 36.9 Å². The second-order valence-electron chi connectivity index (χ2n) is 7.25. The van der Waals surface area contributed by atoms with Crippen molar-refractivity contribution < 1.29 is 14.3 Å². The Hall–Kier alpha value is -2.53. The van der Waals surface area contributed by atoms with Crippen LogP contribution in [0.5, 0.6) is 5.75 Å². The number of piperidine rings is 1. The van der Waals surface area contributed by atoms with Crippen molar-refractivity contribution in [2.24, 2.45) is 5.92 Å². The quantitative estimate of drug-likeness (QED) is 0.824. The lowest BCUT2D eigenvalue weighted by atomic mass is 9.96. The molecule has 0 radical (unpaired) electrons. The van der Waals surface area contributed by atoms with Crippen molar-refractivity contribution in [3.8, 4) is 5.75 Å². The van der Waals surface area contributed by atoms with E-state index in [0.717, 1.165) is 24.0 Å². The van der Waals surface area contributed by atoms with Crippen LogP contribution in [0, 0.1) is 19.8 Å². The predicted octanol–water partition coefficient (Wildman–Crippen LogP) is 4.46. The summed E-state index contributed by atoms with van der Waals surface area (Å²) in [6.07, 6.45) is 1.55. The lowest BCUT2D eigenvalue weighted by Crippen LogP contribution is -2.43. The Labute approximate surface area is 170 Å². The fourth-order valence-corrected chi connectivity index (χ4v) is 3.57. The van der Waals surface area contributed by atoms with Crippen LogP contribution < -0.4 is 10.1 Å². The summed E-state index contributed by atoms with van der Waals surface area (Å²) < 4.78 is 5.33. The van der Waals surface area contributed by atoms with E-state index >= 15 is 0 Å². The van der Waals surface area contributed by atoms with Crippen molar-refractivity contribution in [2.75, 3.05) is 25.5 Å². The second kappa shape index (κ2) is 8.65. The SMILES string of the molecule is COc1cc(Cl)c(C)cc1NC(=O)C1CCCN(C(=O)c2ccc(C)cc2)C1. The van der Waals surface area contributed by atoms with E-state index < -0.39 is 0 Å². The Morgan fingerprint density at radius 1 is 1.18 bits per heavy atom. The molecule has 148 valence electrons. The Bertz CT molecular complexity index is 880. The van der Waals surface area contributed by atoms with Gasteiger partial charge in [0.25, 0.3) is 5.91 Å². The van der Waals surface area contributed by atoms with E-state index in [1.54, 1.807) is 24.1 Å². The number of rotatable bonds is 4. The summed E-state index contributed by atoms with van der Waals surface area (Å²) in [7, 11) is 1.54. The molecule has 2 aromatic rings. The number of ether oxygens (including phenoxy) is 1. The number of methoxy groups -OCH3 is 1. The maximum absolute atomic E-state index is 12.8. The number of benzene rings is 2. The van der Waals surface area contributed by atoms with Gasteiger partial charge in [-0.25, -0.2) is 0 Å². The van der Waals surface area contributed by atoms with Gasteiger partial charge in [-0.05, 0) is 50.5 Å². The fraction of sp³-hybridized carbons (Fsp3) is 0.364. The van der Waals surface area contributed by atoms with Crippen LogP contribution in [0.15, 0.2) is 36.4 Å². The van der Waals surface area contributed by atoms with Gasteiger partial charge >= 0.3 is 0 Å². The molecule has 0 aromatic heterocycles. The molecule has 1 aliphatic heterocycles. The Kier molecular flexibility index (Phi) is 6.25. The van der Waals surface area contributed by atoms with Crippen LogP contribution in [0.2, 0.25) is 5.02 Å². The Morgan fingerprint density at radius 3 is 2.57 bits per heavy atom. The first-order valence-corrected chi connectivity index (χ1v) is 9.77. The first-order chi connectivity index (χ1) is 13.4. The molecule has 1 unspecified atom stereocenters. The zero-order valence-electron chi connectivity index (χ0n) is 16.4. The monoisotopic (exact) mass is 400 g/mol. The van der Waals surface area contributed by atoms with Gasteiger partial charge in [-0.15, -0.1) is 0 Å². The Balaban J connectivity index is 1.70. The predicted molar refractivity (Wildman–Crippen MR) is 111 cm³/mol. The molecule has 0 bridgehead atoms. The minimum atomic E-state index is -0.260. The highest BCUT2D eigenvalue weighted by atomic mass is 35.5. The van der Waals surface area contributed by atoms with Gasteiger partial charge in [-0.2, -0.15) is 0 Å². The normalized spacial score (nSPS) is 16.6. The molecule has 5 nitrogen and oxygen atoms in total. The van der Waals surface area contributed by atoms with Crippen LogP contribution in [0.4, 0.5) is 5.69 Å². The number of likely N-dealkylation sites (tertiary alicyclic amines) is 1. The van der Waals surface area contributed by atoms with Crippen LogP contribution in [-0.2, 0) is 4.79 Å². The zero-order valence-corrected chi connectivity index (χ0v) is 17.2. The van der Waals surface area contributed by atoms with E-state index in [4.69, 9.17) is 16.3 Å². The molecule has 0 aliphatic carbocycles. The van der Waals surface area contributed by atoms with Crippen molar-refractivity contribution in [1.82, 2.24) is 4.90 Å². The third-order valence-corrected chi connectivity index (χ3v) is 5.52. The minimum Gasteiger partial charge on any atom is -0.495 e. The summed E-state index contributed by atoms with van der Waals surface area (Å²) in [4.78, 5) is 27.4. The maximum Gasteiger partial charge on any atom is 0.253 e. The van der Waals surface area contributed by atoms with Crippen molar-refractivity contribution >= 4 is 29.1 Å². The number of carbonyl (C=O) groups is 2. The highest BCUT2D eigenvalue weighted by Gasteiger charge is 2.29. The van der Waals surface area contributed by atoms with Gasteiger partial charge in [-0.3, -0.25) is 9.59 Å². The van der Waals surface area contributed by atoms with E-state index in [0.29, 0.717) is 35.1 Å². The van der Waals surface area contributed by atoms with Crippen LogP contribution in [0.25, 0.3) is 0 Å². The van der Waals surface area contributed by atoms with Crippen molar-refractivity contribution in [2.45, 2.75) is 26.7 Å². The number of amides is 2. The topological polar surface area (TPSA) is 58.6 Å². The average Bonchev–Trinajstić information content (AvgIpc) is 2.70. The molecule has 1 N–H and O–H groups in total. The van der Waals surface area contributed by atoms with Crippen LogP contribution in [0.3, 0.4) is 0 Å². The Morgan fingerprint density at radius 2 is 1.89 bits per heavy atom. The lowest BCUT2D eigenvalue weighted by molar-refractivity contribution is -0.121. The lowest BCUT2D eigenvalue weighted by Gasteiger charge is -2.32. The summed E-state index contributed by atoms with van der Waals surface area (Å²) >= 11 is 6.13. The molecule has 1 saturated heterocycles. The molecule has 2 amide bonds. The molecule has 2 aromatic carbocycles. The van der Waals surface area contributed by atoms with Crippen molar-refractivity contribution in [3.63, 3.8) is 0 Å². The summed E-state index contributed by atoms with van der Waals surface area (Å²) in [5.41, 5.74) is 3.22. The van der Waals surface area contributed by atoms with E-state index in [-0.39, 0.29) is 17.7 Å². The molecule has 28 heavy (non-hydrogen) atoms.